The summed E-state index contributed by atoms with van der Waals surface area (Å²) in [6.07, 6.45) is 0. The van der Waals surface area contributed by atoms with Crippen molar-refractivity contribution in [3.63, 3.8) is 0 Å². The molecule has 49 valence electrons. The third kappa shape index (κ3) is 68.3. The van der Waals surface area contributed by atoms with Gasteiger partial charge in [0.05, 0.1) is 0 Å². The minimum absolute atomic E-state index is 0. The Hall–Kier alpha value is 2.10. The second-order valence-corrected chi connectivity index (χ2v) is 14.3. The van der Waals surface area contributed by atoms with Crippen molar-refractivity contribution in [2.75, 3.05) is 0 Å². The molecule has 0 fully saturated rings. The summed E-state index contributed by atoms with van der Waals surface area (Å²) in [6, 6.07) is 0. The molecule has 0 amide bonds. The van der Waals surface area contributed by atoms with Gasteiger partial charge in [0.25, 0.3) is 0 Å². The Labute approximate surface area is 62.6 Å². The fraction of sp³-hybridized carbons (Fsp3) is 0. The average molecular weight is 305 g/mol. The van der Waals surface area contributed by atoms with E-state index in [9.17, 15) is 0 Å². The number of halogens is 3. The molecule has 3 nitrogen and oxygen atoms in total. The van der Waals surface area contributed by atoms with Crippen LogP contribution >= 0.6 is 17.4 Å². The molecule has 0 aromatic rings. The molecule has 0 atom stereocenters. The van der Waals surface area contributed by atoms with Crippen LogP contribution in [0.2, 0.25) is 0 Å². The van der Waals surface area contributed by atoms with Gasteiger partial charge < -0.3 is 16.4 Å². The van der Waals surface area contributed by atoms with Gasteiger partial charge in [0.2, 0.25) is 0 Å². The average Bonchev–Trinajstić information content (AvgIpc) is 0.811. The van der Waals surface area contributed by atoms with Gasteiger partial charge in [-0.15, -0.1) is 0 Å². The maximum absolute atomic E-state index is 5.02. The van der Waals surface area contributed by atoms with E-state index in [4.69, 9.17) is 17.4 Å². The molecule has 6 N–H and O–H groups in total. The Morgan fingerprint density at radius 2 is 0.714 bits per heavy atom. The van der Waals surface area contributed by atoms with Crippen LogP contribution in [0.4, 0.5) is 0 Å². The molecule has 0 radical (unpaired) electrons. The molecule has 0 saturated carbocycles. The van der Waals surface area contributed by atoms with E-state index in [1.165, 1.54) is 0 Å². The maximum atomic E-state index is 5.02. The molecule has 7 heteroatoms. The number of hydrogen-bond acceptors (Lipinski definition) is 0. The van der Waals surface area contributed by atoms with Gasteiger partial charge >= 0.3 is 47.3 Å². The van der Waals surface area contributed by atoms with E-state index in [0.29, 0.717) is 0 Å². The molecule has 7 heavy (non-hydrogen) atoms. The summed E-state index contributed by atoms with van der Waals surface area (Å²) in [7, 11) is 0. The van der Waals surface area contributed by atoms with Gasteiger partial charge in [0.15, 0.2) is 0 Å². The van der Waals surface area contributed by atoms with Crippen LogP contribution in [-0.2, 0) is 0 Å². The van der Waals surface area contributed by atoms with Crippen molar-refractivity contribution >= 4 is 17.4 Å². The summed E-state index contributed by atoms with van der Waals surface area (Å²) in [6.45, 7) is 0. The summed E-state index contributed by atoms with van der Waals surface area (Å²) in [4.78, 5) is 0. The first-order valence-corrected chi connectivity index (χ1v) is 12.6. The fourth-order valence-electron chi connectivity index (χ4n) is 0. The summed E-state index contributed by atoms with van der Waals surface area (Å²) in [5.41, 5.74) is 0. The van der Waals surface area contributed by atoms with E-state index in [1.807, 2.05) is 0 Å². The van der Waals surface area contributed by atoms with Crippen molar-refractivity contribution in [2.45, 2.75) is 0 Å². The SMILES string of the molecule is O.O.O.[Cl][Nd]([Cl])[Cl]. The molecule has 0 aliphatic heterocycles. The molecule has 0 aliphatic rings. The molecular weight excluding hydrogens is 299 g/mol. The molecule has 0 aromatic carbocycles. The molecule has 0 bridgehead atoms. The van der Waals surface area contributed by atoms with E-state index in [-0.39, 0.29) is 16.4 Å². The molecule has 0 aromatic heterocycles. The van der Waals surface area contributed by atoms with Gasteiger partial charge in [-0.3, -0.25) is 0 Å². The number of rotatable bonds is 0. The van der Waals surface area contributed by atoms with Gasteiger partial charge in [0.1, 0.15) is 0 Å². The predicted octanol–water partition coefficient (Wildman–Crippen LogP) is -0.406. The van der Waals surface area contributed by atoms with Crippen LogP contribution in [0.3, 0.4) is 0 Å². The first-order valence-electron chi connectivity index (χ1n) is 0.567. The first-order chi connectivity index (χ1) is 1.73. The van der Waals surface area contributed by atoms with Crippen LogP contribution in [-0.4, -0.2) is 16.4 Å². The van der Waals surface area contributed by atoms with Crippen LogP contribution in [0.5, 0.6) is 0 Å². The summed E-state index contributed by atoms with van der Waals surface area (Å²) < 4.78 is 0. The van der Waals surface area contributed by atoms with Crippen molar-refractivity contribution in [1.82, 2.24) is 0 Å². The molecule has 0 rings (SSSR count). The van der Waals surface area contributed by atoms with Gasteiger partial charge in [-0.05, 0) is 0 Å². The Balaban J connectivity index is -0.0000000150. The summed E-state index contributed by atoms with van der Waals surface area (Å²) in [5, 5.41) is 0. The van der Waals surface area contributed by atoms with Crippen molar-refractivity contribution in [3.05, 3.63) is 0 Å². The molecule has 0 heterocycles. The fourth-order valence-corrected chi connectivity index (χ4v) is 0. The standard InChI is InChI=1S/3ClH.Nd.3H2O/h3*1H;;3*1H2/q;;;+3;;;/p-3. The van der Waals surface area contributed by atoms with Gasteiger partial charge in [-0.2, -0.15) is 0 Å². The van der Waals surface area contributed by atoms with Crippen LogP contribution in [0.25, 0.3) is 0 Å². The van der Waals surface area contributed by atoms with E-state index < -0.39 is 29.9 Å². The Bertz CT molecular complexity index is 14.9. The van der Waals surface area contributed by atoms with E-state index in [1.54, 1.807) is 0 Å². The van der Waals surface area contributed by atoms with Crippen molar-refractivity contribution in [2.24, 2.45) is 0 Å². The van der Waals surface area contributed by atoms with E-state index in [2.05, 4.69) is 0 Å². The molecule has 0 saturated heterocycles. The monoisotopic (exact) mass is 301 g/mol. The Morgan fingerprint density at radius 3 is 0.714 bits per heavy atom. The second-order valence-electron chi connectivity index (χ2n) is 0.214. The third-order valence-corrected chi connectivity index (χ3v) is 0. The molecule has 0 unspecified atom stereocenters. The van der Waals surface area contributed by atoms with Crippen LogP contribution < -0.4 is 0 Å². The topological polar surface area (TPSA) is 94.5 Å². The number of hydrogen-bond donors (Lipinski definition) is 0. The summed E-state index contributed by atoms with van der Waals surface area (Å²) in [5.74, 6) is 15.1. The van der Waals surface area contributed by atoms with Gasteiger partial charge in [-0.1, -0.05) is 0 Å². The Kier molecular flexibility index (Phi) is 51.5. The van der Waals surface area contributed by atoms with Crippen molar-refractivity contribution in [3.8, 4) is 0 Å². The van der Waals surface area contributed by atoms with Crippen molar-refractivity contribution < 1.29 is 46.4 Å². The van der Waals surface area contributed by atoms with Gasteiger partial charge in [-0.25, -0.2) is 0 Å². The minimum atomic E-state index is -2.24. The third-order valence-electron chi connectivity index (χ3n) is 0. The van der Waals surface area contributed by atoms with Crippen LogP contribution in [0.15, 0.2) is 0 Å². The van der Waals surface area contributed by atoms with Crippen LogP contribution in [0.1, 0.15) is 0 Å². The van der Waals surface area contributed by atoms with Crippen LogP contribution in [0, 0.1) is 29.9 Å². The molecule has 0 spiro atoms. The molecule has 0 aliphatic carbocycles. The Morgan fingerprint density at radius 1 is 0.714 bits per heavy atom. The zero-order valence-corrected chi connectivity index (χ0v) is 8.61. The van der Waals surface area contributed by atoms with Crippen molar-refractivity contribution in [1.29, 1.82) is 0 Å². The normalized spacial score (nSPS) is 3.86. The quantitative estimate of drug-likeness (QED) is 0.582. The predicted molar refractivity (Wildman–Crippen MR) is 28.4 cm³/mol. The first kappa shape index (κ1) is 23.0. The molecular formula is H6Cl3NdO3. The van der Waals surface area contributed by atoms with E-state index >= 15 is 0 Å². The van der Waals surface area contributed by atoms with Gasteiger partial charge in [0, 0.05) is 0 Å². The zero-order chi connectivity index (χ0) is 3.58. The zero-order valence-electron chi connectivity index (χ0n) is 3.13. The van der Waals surface area contributed by atoms with E-state index in [0.717, 1.165) is 0 Å². The summed E-state index contributed by atoms with van der Waals surface area (Å²) >= 11 is -2.24. The second kappa shape index (κ2) is 15.7.